The summed E-state index contributed by atoms with van der Waals surface area (Å²) in [5.74, 6) is 0. The van der Waals surface area contributed by atoms with Gasteiger partial charge in [-0.15, -0.1) is 0 Å². The van der Waals surface area contributed by atoms with E-state index in [0.29, 0.717) is 10.1 Å². The second kappa shape index (κ2) is 5.72. The summed E-state index contributed by atoms with van der Waals surface area (Å²) in [7, 11) is 0. The highest BCUT2D eigenvalue weighted by atomic mass is 35.5. The number of hydrogen-bond acceptors (Lipinski definition) is 2. The molecule has 2 aromatic rings. The average Bonchev–Trinajstić information content (AvgIpc) is 2.40. The first-order chi connectivity index (χ1) is 8.99. The van der Waals surface area contributed by atoms with Gasteiger partial charge in [0.25, 0.3) is 0 Å². The third kappa shape index (κ3) is 3.55. The van der Waals surface area contributed by atoms with Crippen LogP contribution < -0.4 is 0 Å². The lowest BCUT2D eigenvalue weighted by atomic mass is 9.98. The van der Waals surface area contributed by atoms with Crippen LogP contribution in [-0.2, 0) is 10.3 Å². The standard InChI is InChI=1S/C16H15ClOS/c1-16(2,13-6-4-3-5-7-13)18-15(19)12-8-10-14(17)11-9-12/h3-11H,1-2H3. The minimum Gasteiger partial charge on any atom is -0.472 e. The van der Waals surface area contributed by atoms with E-state index in [1.807, 2.05) is 68.4 Å². The summed E-state index contributed by atoms with van der Waals surface area (Å²) in [5, 5.41) is 1.17. The van der Waals surface area contributed by atoms with Crippen LogP contribution in [-0.4, -0.2) is 5.05 Å². The second-order valence-electron chi connectivity index (χ2n) is 4.77. The van der Waals surface area contributed by atoms with Gasteiger partial charge in [-0.2, -0.15) is 0 Å². The Labute approximate surface area is 124 Å². The van der Waals surface area contributed by atoms with Gasteiger partial charge in [0.15, 0.2) is 5.05 Å². The number of hydrogen-bond donors (Lipinski definition) is 0. The maximum Gasteiger partial charge on any atom is 0.192 e. The van der Waals surface area contributed by atoms with Gasteiger partial charge in [-0.3, -0.25) is 0 Å². The Hall–Kier alpha value is -1.38. The highest BCUT2D eigenvalue weighted by molar-refractivity contribution is 7.80. The van der Waals surface area contributed by atoms with Gasteiger partial charge < -0.3 is 4.74 Å². The summed E-state index contributed by atoms with van der Waals surface area (Å²) in [6, 6.07) is 17.4. The van der Waals surface area contributed by atoms with Crippen LogP contribution in [0.25, 0.3) is 0 Å². The first-order valence-electron chi connectivity index (χ1n) is 6.03. The van der Waals surface area contributed by atoms with Gasteiger partial charge in [0.1, 0.15) is 5.60 Å². The predicted octanol–water partition coefficient (Wildman–Crippen LogP) is 4.97. The van der Waals surface area contributed by atoms with Crippen molar-refractivity contribution in [3.05, 3.63) is 70.7 Å². The molecule has 0 heterocycles. The van der Waals surface area contributed by atoms with Crippen LogP contribution in [0.4, 0.5) is 0 Å². The third-order valence-corrected chi connectivity index (χ3v) is 3.47. The zero-order valence-corrected chi connectivity index (χ0v) is 12.5. The Morgan fingerprint density at radius 3 is 2.16 bits per heavy atom. The van der Waals surface area contributed by atoms with E-state index in [1.165, 1.54) is 0 Å². The van der Waals surface area contributed by atoms with Gasteiger partial charge in [-0.05, 0) is 55.9 Å². The number of ether oxygens (including phenoxy) is 1. The van der Waals surface area contributed by atoms with Gasteiger partial charge in [0.05, 0.1) is 0 Å². The molecule has 3 heteroatoms. The van der Waals surface area contributed by atoms with Crippen molar-refractivity contribution < 1.29 is 4.74 Å². The molecule has 0 saturated carbocycles. The fourth-order valence-electron chi connectivity index (χ4n) is 1.78. The zero-order chi connectivity index (χ0) is 13.9. The van der Waals surface area contributed by atoms with Crippen LogP contribution in [0.2, 0.25) is 5.02 Å². The number of thiocarbonyl (C=S) groups is 1. The summed E-state index contributed by atoms with van der Waals surface area (Å²) >= 11 is 11.2. The van der Waals surface area contributed by atoms with Gasteiger partial charge in [-0.25, -0.2) is 0 Å². The van der Waals surface area contributed by atoms with Crippen molar-refractivity contribution in [1.29, 1.82) is 0 Å². The lowest BCUT2D eigenvalue weighted by Crippen LogP contribution is -2.25. The maximum atomic E-state index is 5.94. The molecule has 0 radical (unpaired) electrons. The first-order valence-corrected chi connectivity index (χ1v) is 6.82. The smallest absolute Gasteiger partial charge is 0.192 e. The minimum atomic E-state index is -0.460. The van der Waals surface area contributed by atoms with Crippen molar-refractivity contribution in [2.75, 3.05) is 0 Å². The van der Waals surface area contributed by atoms with Crippen LogP contribution in [0.1, 0.15) is 25.0 Å². The van der Waals surface area contributed by atoms with Gasteiger partial charge >= 0.3 is 0 Å². The van der Waals surface area contributed by atoms with Crippen molar-refractivity contribution in [1.82, 2.24) is 0 Å². The summed E-state index contributed by atoms with van der Waals surface area (Å²) in [6.07, 6.45) is 0. The number of benzene rings is 2. The summed E-state index contributed by atoms with van der Waals surface area (Å²) in [6.45, 7) is 4.01. The molecule has 0 unspecified atom stereocenters. The Morgan fingerprint density at radius 1 is 1.00 bits per heavy atom. The highest BCUT2D eigenvalue weighted by Crippen LogP contribution is 2.26. The molecule has 19 heavy (non-hydrogen) atoms. The minimum absolute atomic E-state index is 0.460. The van der Waals surface area contributed by atoms with Crippen LogP contribution in [0.15, 0.2) is 54.6 Å². The molecule has 0 fully saturated rings. The van der Waals surface area contributed by atoms with Crippen LogP contribution in [0.5, 0.6) is 0 Å². The molecule has 0 aliphatic carbocycles. The van der Waals surface area contributed by atoms with E-state index in [4.69, 9.17) is 28.6 Å². The van der Waals surface area contributed by atoms with E-state index < -0.39 is 5.60 Å². The molecule has 0 saturated heterocycles. The molecule has 2 rings (SSSR count). The first kappa shape index (κ1) is 14.0. The quantitative estimate of drug-likeness (QED) is 0.738. The normalized spacial score (nSPS) is 11.1. The molecule has 0 aromatic heterocycles. The van der Waals surface area contributed by atoms with Gasteiger partial charge in [0.2, 0.25) is 0 Å². The van der Waals surface area contributed by atoms with Crippen LogP contribution >= 0.6 is 23.8 Å². The molecule has 1 nitrogen and oxygen atoms in total. The molecule has 0 spiro atoms. The summed E-state index contributed by atoms with van der Waals surface area (Å²) in [4.78, 5) is 0. The van der Waals surface area contributed by atoms with E-state index in [2.05, 4.69) is 0 Å². The molecule has 0 aliphatic heterocycles. The van der Waals surface area contributed by atoms with Crippen molar-refractivity contribution in [2.24, 2.45) is 0 Å². The SMILES string of the molecule is CC(C)(OC(=S)c1ccc(Cl)cc1)c1ccccc1. The Morgan fingerprint density at radius 2 is 1.58 bits per heavy atom. The van der Waals surface area contributed by atoms with Crippen molar-refractivity contribution in [3.63, 3.8) is 0 Å². The molecule has 0 atom stereocenters. The number of rotatable bonds is 3. The average molecular weight is 291 g/mol. The van der Waals surface area contributed by atoms with E-state index in [0.717, 1.165) is 11.1 Å². The highest BCUT2D eigenvalue weighted by Gasteiger charge is 2.23. The molecule has 2 aromatic carbocycles. The predicted molar refractivity (Wildman–Crippen MR) is 83.7 cm³/mol. The molecule has 0 amide bonds. The van der Waals surface area contributed by atoms with Crippen molar-refractivity contribution in [3.8, 4) is 0 Å². The summed E-state index contributed by atoms with van der Waals surface area (Å²) < 4.78 is 5.94. The maximum absolute atomic E-state index is 5.94. The monoisotopic (exact) mass is 290 g/mol. The molecular formula is C16H15ClOS. The molecule has 0 aliphatic rings. The van der Waals surface area contributed by atoms with Crippen LogP contribution in [0, 0.1) is 0 Å². The Kier molecular flexibility index (Phi) is 4.23. The van der Waals surface area contributed by atoms with Crippen LogP contribution in [0.3, 0.4) is 0 Å². The molecule has 0 N–H and O–H groups in total. The lowest BCUT2D eigenvalue weighted by Gasteiger charge is -2.27. The zero-order valence-electron chi connectivity index (χ0n) is 10.9. The van der Waals surface area contributed by atoms with Crippen molar-refractivity contribution in [2.45, 2.75) is 19.4 Å². The molecular weight excluding hydrogens is 276 g/mol. The van der Waals surface area contributed by atoms with Gasteiger partial charge in [-0.1, -0.05) is 41.9 Å². The van der Waals surface area contributed by atoms with Crippen molar-refractivity contribution >= 4 is 28.9 Å². The van der Waals surface area contributed by atoms with E-state index >= 15 is 0 Å². The van der Waals surface area contributed by atoms with E-state index in [9.17, 15) is 0 Å². The fraction of sp³-hybridized carbons (Fsp3) is 0.188. The summed E-state index contributed by atoms with van der Waals surface area (Å²) in [5.41, 5.74) is 1.49. The largest absolute Gasteiger partial charge is 0.472 e. The molecule has 98 valence electrons. The van der Waals surface area contributed by atoms with Gasteiger partial charge in [0, 0.05) is 10.6 Å². The molecule has 0 bridgehead atoms. The second-order valence-corrected chi connectivity index (χ2v) is 5.58. The Balaban J connectivity index is 2.16. The topological polar surface area (TPSA) is 9.23 Å². The third-order valence-electron chi connectivity index (χ3n) is 2.90. The Bertz CT molecular complexity index is 561. The fourth-order valence-corrected chi connectivity index (χ4v) is 2.25. The van der Waals surface area contributed by atoms with E-state index in [-0.39, 0.29) is 0 Å². The lowest BCUT2D eigenvalue weighted by molar-refractivity contribution is 0.0999. The number of halogens is 1. The van der Waals surface area contributed by atoms with E-state index in [1.54, 1.807) is 0 Å².